The number of aliphatic hydroxyl groups excluding tert-OH is 1. The molecule has 104 valence electrons. The number of nitrogens with zero attached hydrogens (tertiary/aromatic N) is 4. The maximum Gasteiger partial charge on any atom is 0.135 e. The predicted molar refractivity (Wildman–Crippen MR) is 74.4 cm³/mol. The van der Waals surface area contributed by atoms with Gasteiger partial charge in [-0.1, -0.05) is 0 Å². The molecule has 3 rings (SSSR count). The molecule has 1 aromatic rings. The van der Waals surface area contributed by atoms with Crippen LogP contribution in [0.3, 0.4) is 0 Å². The summed E-state index contributed by atoms with van der Waals surface area (Å²) in [5.41, 5.74) is 2.61. The van der Waals surface area contributed by atoms with Crippen molar-refractivity contribution in [2.75, 3.05) is 37.6 Å². The molecule has 0 spiro atoms. The molecule has 5 heteroatoms. The Morgan fingerprint density at radius 2 is 2.00 bits per heavy atom. The quantitative estimate of drug-likeness (QED) is 0.858. The molecule has 0 radical (unpaired) electrons. The van der Waals surface area contributed by atoms with E-state index in [0.717, 1.165) is 51.4 Å². The minimum atomic E-state index is -0.241. The van der Waals surface area contributed by atoms with Crippen LogP contribution in [0.15, 0.2) is 6.33 Å². The third kappa shape index (κ3) is 2.72. The molecule has 19 heavy (non-hydrogen) atoms. The van der Waals surface area contributed by atoms with Gasteiger partial charge in [0.1, 0.15) is 12.1 Å². The zero-order chi connectivity index (χ0) is 13.2. The van der Waals surface area contributed by atoms with Gasteiger partial charge in [0.05, 0.1) is 6.10 Å². The van der Waals surface area contributed by atoms with Crippen LogP contribution in [0.1, 0.15) is 24.6 Å². The van der Waals surface area contributed by atoms with Crippen molar-refractivity contribution >= 4 is 5.82 Å². The third-order valence-electron chi connectivity index (χ3n) is 4.05. The summed E-state index contributed by atoms with van der Waals surface area (Å²) in [6.45, 7) is 6.62. The second kappa shape index (κ2) is 5.43. The third-order valence-corrected chi connectivity index (χ3v) is 4.05. The number of rotatable bonds is 3. The molecule has 2 aliphatic rings. The summed E-state index contributed by atoms with van der Waals surface area (Å²) >= 11 is 0. The molecule has 1 aliphatic heterocycles. The Bertz CT molecular complexity index is 441. The van der Waals surface area contributed by atoms with Crippen molar-refractivity contribution in [3.05, 3.63) is 17.6 Å². The first-order chi connectivity index (χ1) is 9.24. The number of hydrogen-bond acceptors (Lipinski definition) is 5. The Kier molecular flexibility index (Phi) is 3.66. The number of anilines is 1. The van der Waals surface area contributed by atoms with E-state index in [0.29, 0.717) is 0 Å². The molecule has 1 fully saturated rings. The summed E-state index contributed by atoms with van der Waals surface area (Å²) in [7, 11) is 0. The van der Waals surface area contributed by atoms with Gasteiger partial charge in [-0.05, 0) is 26.2 Å². The van der Waals surface area contributed by atoms with Gasteiger partial charge in [0.15, 0.2) is 0 Å². The van der Waals surface area contributed by atoms with Gasteiger partial charge in [0.2, 0.25) is 0 Å². The molecule has 0 saturated carbocycles. The van der Waals surface area contributed by atoms with Crippen LogP contribution in [0, 0.1) is 0 Å². The highest BCUT2D eigenvalue weighted by Crippen LogP contribution is 2.28. The minimum absolute atomic E-state index is 0.241. The van der Waals surface area contributed by atoms with Crippen molar-refractivity contribution in [3.8, 4) is 0 Å². The lowest BCUT2D eigenvalue weighted by Crippen LogP contribution is -2.48. The number of hydrogen-bond donors (Lipinski definition) is 1. The molecule has 0 aromatic carbocycles. The Labute approximate surface area is 114 Å². The topological polar surface area (TPSA) is 52.5 Å². The van der Waals surface area contributed by atoms with E-state index in [1.165, 1.54) is 17.7 Å². The Morgan fingerprint density at radius 3 is 2.74 bits per heavy atom. The van der Waals surface area contributed by atoms with Gasteiger partial charge in [-0.3, -0.25) is 4.90 Å². The summed E-state index contributed by atoms with van der Waals surface area (Å²) in [6.07, 6.45) is 4.91. The fourth-order valence-electron chi connectivity index (χ4n) is 3.13. The number of aromatic nitrogens is 2. The summed E-state index contributed by atoms with van der Waals surface area (Å²) in [6, 6.07) is 0. The second-order valence-electron chi connectivity index (χ2n) is 5.61. The summed E-state index contributed by atoms with van der Waals surface area (Å²) in [4.78, 5) is 13.6. The number of β-amino-alcohol motifs (C(OH)–C–C–N with tert-alkyl or cyclic N) is 1. The highest BCUT2D eigenvalue weighted by molar-refractivity contribution is 5.50. The van der Waals surface area contributed by atoms with E-state index in [-0.39, 0.29) is 6.10 Å². The van der Waals surface area contributed by atoms with Gasteiger partial charge in [0.25, 0.3) is 0 Å². The summed E-state index contributed by atoms with van der Waals surface area (Å²) < 4.78 is 0. The van der Waals surface area contributed by atoms with E-state index in [9.17, 15) is 5.11 Å². The molecule has 1 atom stereocenters. The molecule has 2 heterocycles. The van der Waals surface area contributed by atoms with Crippen molar-refractivity contribution in [3.63, 3.8) is 0 Å². The standard InChI is InChI=1S/C14H22N4O/c1-11(19)9-17-5-7-18(8-6-17)14-12-3-2-4-13(12)15-10-16-14/h10-11,19H,2-9H2,1H3/t11-/m1/s1. The van der Waals surface area contributed by atoms with Crippen LogP contribution in [0.25, 0.3) is 0 Å². The van der Waals surface area contributed by atoms with E-state index in [2.05, 4.69) is 19.8 Å². The summed E-state index contributed by atoms with van der Waals surface area (Å²) in [5.74, 6) is 1.15. The molecule has 0 unspecified atom stereocenters. The van der Waals surface area contributed by atoms with E-state index in [4.69, 9.17) is 0 Å². The zero-order valence-corrected chi connectivity index (χ0v) is 11.5. The average molecular weight is 262 g/mol. The second-order valence-corrected chi connectivity index (χ2v) is 5.61. The molecule has 0 amide bonds. The van der Waals surface area contributed by atoms with Crippen molar-refractivity contribution in [2.45, 2.75) is 32.3 Å². The lowest BCUT2D eigenvalue weighted by molar-refractivity contribution is 0.122. The first-order valence-corrected chi connectivity index (χ1v) is 7.22. The average Bonchev–Trinajstić information content (AvgIpc) is 2.87. The Balaban J connectivity index is 1.67. The van der Waals surface area contributed by atoms with Gasteiger partial charge in [0, 0.05) is 44.0 Å². The van der Waals surface area contributed by atoms with E-state index in [1.807, 2.05) is 6.92 Å². The summed E-state index contributed by atoms with van der Waals surface area (Å²) in [5, 5.41) is 9.44. The van der Waals surface area contributed by atoms with Crippen LogP contribution in [0.5, 0.6) is 0 Å². The molecule has 1 aliphatic carbocycles. The smallest absolute Gasteiger partial charge is 0.135 e. The van der Waals surface area contributed by atoms with E-state index < -0.39 is 0 Å². The Morgan fingerprint density at radius 1 is 1.21 bits per heavy atom. The monoisotopic (exact) mass is 262 g/mol. The van der Waals surface area contributed by atoms with Gasteiger partial charge < -0.3 is 10.0 Å². The maximum atomic E-state index is 9.44. The van der Waals surface area contributed by atoms with Crippen molar-refractivity contribution in [1.82, 2.24) is 14.9 Å². The minimum Gasteiger partial charge on any atom is -0.392 e. The van der Waals surface area contributed by atoms with Crippen LogP contribution in [-0.2, 0) is 12.8 Å². The van der Waals surface area contributed by atoms with E-state index >= 15 is 0 Å². The molecular weight excluding hydrogens is 240 g/mol. The van der Waals surface area contributed by atoms with Crippen LogP contribution in [0.2, 0.25) is 0 Å². The SMILES string of the molecule is C[C@@H](O)CN1CCN(c2ncnc3c2CCC3)CC1. The predicted octanol–water partition coefficient (Wildman–Crippen LogP) is 0.468. The molecule has 1 N–H and O–H groups in total. The van der Waals surface area contributed by atoms with Crippen molar-refractivity contribution in [2.24, 2.45) is 0 Å². The van der Waals surface area contributed by atoms with Gasteiger partial charge in [-0.15, -0.1) is 0 Å². The maximum absolute atomic E-state index is 9.44. The number of aryl methyl sites for hydroxylation is 1. The first kappa shape index (κ1) is 12.8. The fraction of sp³-hybridized carbons (Fsp3) is 0.714. The van der Waals surface area contributed by atoms with Crippen LogP contribution < -0.4 is 4.90 Å². The number of fused-ring (bicyclic) bond motifs is 1. The van der Waals surface area contributed by atoms with Crippen molar-refractivity contribution < 1.29 is 5.11 Å². The van der Waals surface area contributed by atoms with Crippen LogP contribution in [0.4, 0.5) is 5.82 Å². The lowest BCUT2D eigenvalue weighted by atomic mass is 10.2. The molecule has 0 bridgehead atoms. The largest absolute Gasteiger partial charge is 0.392 e. The number of piperazine rings is 1. The van der Waals surface area contributed by atoms with Crippen LogP contribution >= 0.6 is 0 Å². The molecular formula is C14H22N4O. The van der Waals surface area contributed by atoms with Gasteiger partial charge >= 0.3 is 0 Å². The van der Waals surface area contributed by atoms with Gasteiger partial charge in [-0.2, -0.15) is 0 Å². The van der Waals surface area contributed by atoms with Crippen molar-refractivity contribution in [1.29, 1.82) is 0 Å². The van der Waals surface area contributed by atoms with E-state index in [1.54, 1.807) is 6.33 Å². The first-order valence-electron chi connectivity index (χ1n) is 7.22. The molecule has 1 aromatic heterocycles. The molecule has 1 saturated heterocycles. The highest BCUT2D eigenvalue weighted by Gasteiger charge is 2.24. The zero-order valence-electron chi connectivity index (χ0n) is 11.5. The molecule has 5 nitrogen and oxygen atoms in total. The number of aliphatic hydroxyl groups is 1. The Hall–Kier alpha value is -1.20. The van der Waals surface area contributed by atoms with Gasteiger partial charge in [-0.25, -0.2) is 9.97 Å². The normalized spacial score (nSPS) is 21.5. The fourth-order valence-corrected chi connectivity index (χ4v) is 3.13. The lowest BCUT2D eigenvalue weighted by Gasteiger charge is -2.36. The van der Waals surface area contributed by atoms with Crippen LogP contribution in [-0.4, -0.2) is 58.8 Å². The highest BCUT2D eigenvalue weighted by atomic mass is 16.3.